The lowest BCUT2D eigenvalue weighted by molar-refractivity contribution is -0.141. The van der Waals surface area contributed by atoms with Crippen molar-refractivity contribution in [1.82, 2.24) is 14.8 Å². The molecule has 0 saturated carbocycles. The second kappa shape index (κ2) is 8.23. The third-order valence-corrected chi connectivity index (χ3v) is 5.37. The van der Waals surface area contributed by atoms with Gasteiger partial charge >= 0.3 is 12.1 Å². The number of halogens is 3. The van der Waals surface area contributed by atoms with E-state index >= 15 is 0 Å². The highest BCUT2D eigenvalue weighted by atomic mass is 19.4. The van der Waals surface area contributed by atoms with E-state index in [1.54, 1.807) is 0 Å². The van der Waals surface area contributed by atoms with Gasteiger partial charge in [0.05, 0.1) is 22.8 Å². The number of anilines is 1. The fourth-order valence-electron chi connectivity index (χ4n) is 3.75. The summed E-state index contributed by atoms with van der Waals surface area (Å²) in [6, 6.07) is 5.86. The molecular formula is C21H19F3N4O4. The van der Waals surface area contributed by atoms with Crippen molar-refractivity contribution in [3.05, 3.63) is 53.0 Å². The second-order valence-corrected chi connectivity index (χ2v) is 7.45. The maximum absolute atomic E-state index is 12.9. The number of aromatic carboxylic acids is 1. The summed E-state index contributed by atoms with van der Waals surface area (Å²) >= 11 is 0. The van der Waals surface area contributed by atoms with Gasteiger partial charge in [-0.15, -0.1) is 0 Å². The molecule has 1 aromatic carbocycles. The topological polar surface area (TPSA) is 106 Å². The number of alkyl halides is 3. The molecule has 2 aromatic heterocycles. The van der Waals surface area contributed by atoms with E-state index in [1.165, 1.54) is 12.1 Å². The minimum Gasteiger partial charge on any atom is -0.478 e. The maximum atomic E-state index is 12.9. The Kier molecular flexibility index (Phi) is 5.59. The van der Waals surface area contributed by atoms with Gasteiger partial charge in [0.15, 0.2) is 0 Å². The zero-order chi connectivity index (χ0) is 23.0. The predicted molar refractivity (Wildman–Crippen MR) is 108 cm³/mol. The van der Waals surface area contributed by atoms with Gasteiger partial charge in [-0.25, -0.2) is 9.78 Å². The number of amides is 1. The van der Waals surface area contributed by atoms with E-state index in [0.717, 1.165) is 36.7 Å². The Labute approximate surface area is 180 Å². The van der Waals surface area contributed by atoms with Crippen molar-refractivity contribution in [2.24, 2.45) is 0 Å². The molecular weight excluding hydrogens is 429 g/mol. The van der Waals surface area contributed by atoms with Gasteiger partial charge in [0, 0.05) is 24.3 Å². The van der Waals surface area contributed by atoms with Crippen molar-refractivity contribution < 1.29 is 32.6 Å². The largest absolute Gasteiger partial charge is 0.478 e. The number of hydrogen-bond acceptors (Lipinski definition) is 5. The number of carboxylic acid groups (broad SMARTS) is 1. The van der Waals surface area contributed by atoms with Gasteiger partial charge in [-0.3, -0.25) is 9.48 Å². The van der Waals surface area contributed by atoms with E-state index < -0.39 is 29.4 Å². The van der Waals surface area contributed by atoms with E-state index in [-0.39, 0.29) is 17.3 Å². The third-order valence-electron chi connectivity index (χ3n) is 5.37. The molecule has 0 radical (unpaired) electrons. The molecule has 1 fully saturated rings. The summed E-state index contributed by atoms with van der Waals surface area (Å²) in [5, 5.41) is 17.2. The minimum atomic E-state index is -4.71. The summed E-state index contributed by atoms with van der Waals surface area (Å²) in [6.07, 6.45) is -3.17. The Balaban J connectivity index is 1.71. The summed E-state index contributed by atoms with van der Waals surface area (Å²) in [6.45, 7) is 3.04. The summed E-state index contributed by atoms with van der Waals surface area (Å²) in [5.74, 6) is -2.26. The monoisotopic (exact) mass is 448 g/mol. The van der Waals surface area contributed by atoms with Crippen molar-refractivity contribution in [1.29, 1.82) is 0 Å². The molecule has 1 amide bonds. The summed E-state index contributed by atoms with van der Waals surface area (Å²) in [5.41, 5.74) is -0.741. The fourth-order valence-corrected chi connectivity index (χ4v) is 3.75. The molecule has 8 nitrogen and oxygen atoms in total. The number of fused-ring (bicyclic) bond motifs is 1. The van der Waals surface area contributed by atoms with Gasteiger partial charge in [0.2, 0.25) is 0 Å². The number of hydrogen-bond donors (Lipinski definition) is 2. The van der Waals surface area contributed by atoms with E-state index in [2.05, 4.69) is 15.4 Å². The Morgan fingerprint density at radius 2 is 1.94 bits per heavy atom. The Bertz CT molecular complexity index is 1200. The average Bonchev–Trinajstić information content (AvgIpc) is 3.09. The summed E-state index contributed by atoms with van der Waals surface area (Å²) in [4.78, 5) is 27.7. The fraction of sp³-hybridized carbons (Fsp3) is 0.333. The molecule has 32 heavy (non-hydrogen) atoms. The van der Waals surface area contributed by atoms with Crippen molar-refractivity contribution in [3.8, 4) is 0 Å². The van der Waals surface area contributed by atoms with E-state index in [1.807, 2.05) is 11.6 Å². The highest BCUT2D eigenvalue weighted by Gasteiger charge is 2.33. The standard InChI is InChI=1S/C21H19F3N4O4/c1-11-13-9-16(26-19(29)15-3-2-4-18(25-15)21(22,23)24)14(20(30)31)10-17(13)27-28(11)12-5-7-32-8-6-12/h2-4,9-10,12H,5-8H2,1H3,(H,26,29)(H,30,31). The van der Waals surface area contributed by atoms with Gasteiger partial charge in [0.25, 0.3) is 5.91 Å². The lowest BCUT2D eigenvalue weighted by atomic mass is 10.1. The van der Waals surface area contributed by atoms with Crippen LogP contribution in [0, 0.1) is 6.92 Å². The molecule has 1 aliphatic heterocycles. The quantitative estimate of drug-likeness (QED) is 0.624. The zero-order valence-corrected chi connectivity index (χ0v) is 16.9. The molecule has 3 heterocycles. The number of carboxylic acids is 1. The van der Waals surface area contributed by atoms with Gasteiger partial charge < -0.3 is 15.2 Å². The first-order chi connectivity index (χ1) is 15.1. The second-order valence-electron chi connectivity index (χ2n) is 7.45. The van der Waals surface area contributed by atoms with E-state index in [9.17, 15) is 27.9 Å². The molecule has 0 atom stereocenters. The molecule has 168 valence electrons. The van der Waals surface area contributed by atoms with Crippen LogP contribution in [0.5, 0.6) is 0 Å². The maximum Gasteiger partial charge on any atom is 0.433 e. The third kappa shape index (κ3) is 4.15. The van der Waals surface area contributed by atoms with Gasteiger partial charge in [-0.05, 0) is 44.0 Å². The highest BCUT2D eigenvalue weighted by Crippen LogP contribution is 2.31. The molecule has 1 aliphatic rings. The molecule has 0 spiro atoms. The van der Waals surface area contributed by atoms with Crippen LogP contribution in [0.25, 0.3) is 10.9 Å². The molecule has 0 bridgehead atoms. The first-order valence-electron chi connectivity index (χ1n) is 9.84. The van der Waals surface area contributed by atoms with Crippen LogP contribution in [0.2, 0.25) is 0 Å². The van der Waals surface area contributed by atoms with Crippen molar-refractivity contribution in [3.63, 3.8) is 0 Å². The Morgan fingerprint density at radius 3 is 2.59 bits per heavy atom. The molecule has 1 saturated heterocycles. The molecule has 4 rings (SSSR count). The lowest BCUT2D eigenvalue weighted by Crippen LogP contribution is -2.21. The van der Waals surface area contributed by atoms with Gasteiger partial charge in [-0.2, -0.15) is 18.3 Å². The number of aromatic nitrogens is 3. The lowest BCUT2D eigenvalue weighted by Gasteiger charge is -2.23. The van der Waals surface area contributed by atoms with Crippen molar-refractivity contribution >= 4 is 28.5 Å². The van der Waals surface area contributed by atoms with Crippen molar-refractivity contribution in [2.75, 3.05) is 18.5 Å². The van der Waals surface area contributed by atoms with Crippen LogP contribution in [0.1, 0.15) is 51.1 Å². The van der Waals surface area contributed by atoms with Gasteiger partial charge in [0.1, 0.15) is 11.4 Å². The van der Waals surface area contributed by atoms with Gasteiger partial charge in [-0.1, -0.05) is 6.07 Å². The predicted octanol–water partition coefficient (Wildman–Crippen LogP) is 4.06. The first-order valence-corrected chi connectivity index (χ1v) is 9.84. The summed E-state index contributed by atoms with van der Waals surface area (Å²) < 4.78 is 46.0. The molecule has 11 heteroatoms. The Morgan fingerprint density at radius 1 is 1.22 bits per heavy atom. The number of pyridine rings is 1. The number of benzene rings is 1. The molecule has 0 unspecified atom stereocenters. The SMILES string of the molecule is Cc1c2cc(NC(=O)c3cccc(C(F)(F)F)n3)c(C(=O)O)cc2nn1C1CCOCC1. The number of nitrogens with zero attached hydrogens (tertiary/aromatic N) is 3. The van der Waals surface area contributed by atoms with E-state index in [4.69, 9.17) is 4.74 Å². The van der Waals surface area contributed by atoms with Crippen LogP contribution >= 0.6 is 0 Å². The van der Waals surface area contributed by atoms with Crippen LogP contribution in [0.3, 0.4) is 0 Å². The molecule has 0 aliphatic carbocycles. The highest BCUT2D eigenvalue weighted by molar-refractivity contribution is 6.09. The molecule has 3 aromatic rings. The number of nitrogens with one attached hydrogen (secondary N) is 1. The zero-order valence-electron chi connectivity index (χ0n) is 16.9. The number of aryl methyl sites for hydroxylation is 1. The number of ether oxygens (including phenoxy) is 1. The van der Waals surface area contributed by atoms with Crippen LogP contribution in [-0.2, 0) is 10.9 Å². The van der Waals surface area contributed by atoms with Crippen LogP contribution < -0.4 is 5.32 Å². The minimum absolute atomic E-state index is 0.0520. The number of carbonyl (C=O) groups excluding carboxylic acids is 1. The van der Waals surface area contributed by atoms with Crippen LogP contribution in [-0.4, -0.2) is 45.0 Å². The molecule has 2 N–H and O–H groups in total. The van der Waals surface area contributed by atoms with Crippen molar-refractivity contribution in [2.45, 2.75) is 32.0 Å². The summed E-state index contributed by atoms with van der Waals surface area (Å²) in [7, 11) is 0. The van der Waals surface area contributed by atoms with Crippen LogP contribution in [0.4, 0.5) is 18.9 Å². The van der Waals surface area contributed by atoms with Crippen LogP contribution in [0.15, 0.2) is 30.3 Å². The normalized spacial score (nSPS) is 15.1. The Hall–Kier alpha value is -3.47. The average molecular weight is 448 g/mol. The number of carbonyl (C=O) groups is 2. The smallest absolute Gasteiger partial charge is 0.433 e. The first kappa shape index (κ1) is 21.8. The number of rotatable bonds is 4. The van der Waals surface area contributed by atoms with E-state index in [0.29, 0.717) is 24.1 Å².